The van der Waals surface area contributed by atoms with Crippen molar-refractivity contribution < 1.29 is 4.79 Å². The van der Waals surface area contributed by atoms with Gasteiger partial charge in [0.15, 0.2) is 0 Å². The highest BCUT2D eigenvalue weighted by atomic mass is 32.1. The molecule has 5 heteroatoms. The van der Waals surface area contributed by atoms with Gasteiger partial charge >= 0.3 is 6.03 Å². The topological polar surface area (TPSA) is 44.4 Å². The molecule has 1 aromatic heterocycles. The van der Waals surface area contributed by atoms with Gasteiger partial charge in [0, 0.05) is 31.6 Å². The van der Waals surface area contributed by atoms with Crippen molar-refractivity contribution in [3.05, 3.63) is 16.8 Å². The molecule has 2 N–H and O–H groups in total. The van der Waals surface area contributed by atoms with E-state index in [1.807, 2.05) is 21.7 Å². The van der Waals surface area contributed by atoms with Crippen LogP contribution in [0.25, 0.3) is 0 Å². The predicted octanol–water partition coefficient (Wildman–Crippen LogP) is 1.19. The zero-order chi connectivity index (χ0) is 9.80. The molecule has 1 aromatic rings. The highest BCUT2D eigenvalue weighted by molar-refractivity contribution is 7.08. The van der Waals surface area contributed by atoms with Crippen LogP contribution in [0.2, 0.25) is 0 Å². The van der Waals surface area contributed by atoms with Crippen molar-refractivity contribution in [3.8, 4) is 0 Å². The smallest absolute Gasteiger partial charge is 0.321 e. The Morgan fingerprint density at radius 2 is 2.29 bits per heavy atom. The molecule has 2 rings (SSSR count). The van der Waals surface area contributed by atoms with Gasteiger partial charge in [0.05, 0.1) is 5.69 Å². The minimum atomic E-state index is 0.00454. The molecule has 0 spiro atoms. The van der Waals surface area contributed by atoms with Crippen molar-refractivity contribution in [2.45, 2.75) is 0 Å². The Kier molecular flexibility index (Phi) is 3.00. The van der Waals surface area contributed by atoms with Gasteiger partial charge in [0.25, 0.3) is 0 Å². The standard InChI is InChI=1S/C9H13N3OS/c13-9(11-8-1-6-14-7-8)12-4-2-10-3-5-12/h1,6-7,10H,2-5H2,(H,11,13). The lowest BCUT2D eigenvalue weighted by molar-refractivity contribution is 0.204. The van der Waals surface area contributed by atoms with Crippen LogP contribution in [-0.2, 0) is 0 Å². The maximum atomic E-state index is 11.7. The number of rotatable bonds is 1. The summed E-state index contributed by atoms with van der Waals surface area (Å²) in [5, 5.41) is 9.95. The summed E-state index contributed by atoms with van der Waals surface area (Å²) in [5.41, 5.74) is 0.888. The maximum absolute atomic E-state index is 11.7. The molecule has 2 amide bonds. The van der Waals surface area contributed by atoms with Gasteiger partial charge in [0.1, 0.15) is 0 Å². The fraction of sp³-hybridized carbons (Fsp3) is 0.444. The van der Waals surface area contributed by atoms with Gasteiger partial charge in [-0.25, -0.2) is 4.79 Å². The number of carbonyl (C=O) groups is 1. The van der Waals surface area contributed by atoms with Gasteiger partial charge in [-0.2, -0.15) is 11.3 Å². The second kappa shape index (κ2) is 4.43. The molecule has 76 valence electrons. The highest BCUT2D eigenvalue weighted by Gasteiger charge is 2.15. The Bertz CT molecular complexity index is 293. The first-order chi connectivity index (χ1) is 6.86. The minimum absolute atomic E-state index is 0.00454. The lowest BCUT2D eigenvalue weighted by Gasteiger charge is -2.27. The second-order valence-electron chi connectivity index (χ2n) is 3.18. The summed E-state index contributed by atoms with van der Waals surface area (Å²) in [6, 6.07) is 1.91. The van der Waals surface area contributed by atoms with Crippen molar-refractivity contribution in [2.75, 3.05) is 31.5 Å². The molecule has 4 nitrogen and oxygen atoms in total. The third-order valence-electron chi connectivity index (χ3n) is 2.18. The monoisotopic (exact) mass is 211 g/mol. The van der Waals surface area contributed by atoms with Crippen molar-refractivity contribution >= 4 is 23.1 Å². The van der Waals surface area contributed by atoms with Crippen LogP contribution in [0, 0.1) is 0 Å². The Morgan fingerprint density at radius 1 is 1.50 bits per heavy atom. The zero-order valence-electron chi connectivity index (χ0n) is 7.82. The van der Waals surface area contributed by atoms with Crippen LogP contribution < -0.4 is 10.6 Å². The average molecular weight is 211 g/mol. The van der Waals surface area contributed by atoms with E-state index in [2.05, 4.69) is 10.6 Å². The number of thiophene rings is 1. The van der Waals surface area contributed by atoms with Crippen LogP contribution in [-0.4, -0.2) is 37.1 Å². The molecular weight excluding hydrogens is 198 g/mol. The van der Waals surface area contributed by atoms with E-state index in [9.17, 15) is 4.79 Å². The quantitative estimate of drug-likeness (QED) is 0.732. The summed E-state index contributed by atoms with van der Waals surface area (Å²) in [7, 11) is 0. The summed E-state index contributed by atoms with van der Waals surface area (Å²) < 4.78 is 0. The molecule has 1 aliphatic heterocycles. The minimum Gasteiger partial charge on any atom is -0.322 e. The van der Waals surface area contributed by atoms with Gasteiger partial charge < -0.3 is 15.5 Å². The molecule has 0 aliphatic carbocycles. The average Bonchev–Trinajstić information content (AvgIpc) is 2.72. The number of hydrogen-bond acceptors (Lipinski definition) is 3. The van der Waals surface area contributed by atoms with Crippen molar-refractivity contribution in [1.29, 1.82) is 0 Å². The summed E-state index contributed by atoms with van der Waals surface area (Å²) >= 11 is 1.58. The summed E-state index contributed by atoms with van der Waals surface area (Å²) in [6.45, 7) is 3.35. The first-order valence-electron chi connectivity index (χ1n) is 4.65. The Labute approximate surface area is 86.9 Å². The molecule has 1 fully saturated rings. The Balaban J connectivity index is 1.88. The van der Waals surface area contributed by atoms with E-state index in [0.29, 0.717) is 0 Å². The lowest BCUT2D eigenvalue weighted by atomic mass is 10.4. The molecule has 0 saturated carbocycles. The van der Waals surface area contributed by atoms with Crippen LogP contribution in [0.5, 0.6) is 0 Å². The molecule has 0 aromatic carbocycles. The third kappa shape index (κ3) is 2.24. The molecule has 2 heterocycles. The molecule has 1 saturated heterocycles. The fourth-order valence-electron chi connectivity index (χ4n) is 1.41. The van der Waals surface area contributed by atoms with Crippen LogP contribution in [0.3, 0.4) is 0 Å². The first kappa shape index (κ1) is 9.48. The summed E-state index contributed by atoms with van der Waals surface area (Å²) in [5.74, 6) is 0. The van der Waals surface area contributed by atoms with E-state index in [-0.39, 0.29) is 6.03 Å². The Hall–Kier alpha value is -1.07. The molecule has 0 bridgehead atoms. The van der Waals surface area contributed by atoms with E-state index < -0.39 is 0 Å². The van der Waals surface area contributed by atoms with Gasteiger partial charge in [0.2, 0.25) is 0 Å². The number of hydrogen-bond donors (Lipinski definition) is 2. The van der Waals surface area contributed by atoms with Gasteiger partial charge in [-0.05, 0) is 11.4 Å². The predicted molar refractivity (Wildman–Crippen MR) is 57.8 cm³/mol. The number of carbonyl (C=O) groups excluding carboxylic acids is 1. The van der Waals surface area contributed by atoms with Crippen molar-refractivity contribution in [3.63, 3.8) is 0 Å². The van der Waals surface area contributed by atoms with E-state index in [4.69, 9.17) is 0 Å². The number of piperazine rings is 1. The van der Waals surface area contributed by atoms with Gasteiger partial charge in [-0.1, -0.05) is 0 Å². The number of urea groups is 1. The summed E-state index contributed by atoms with van der Waals surface area (Å²) in [4.78, 5) is 13.5. The Morgan fingerprint density at radius 3 is 2.93 bits per heavy atom. The molecular formula is C9H13N3OS. The highest BCUT2D eigenvalue weighted by Crippen LogP contribution is 2.12. The third-order valence-corrected chi connectivity index (χ3v) is 2.86. The normalized spacial score (nSPS) is 16.7. The largest absolute Gasteiger partial charge is 0.322 e. The zero-order valence-corrected chi connectivity index (χ0v) is 8.64. The van der Waals surface area contributed by atoms with Crippen LogP contribution in [0.15, 0.2) is 16.8 Å². The molecule has 1 aliphatic rings. The van der Waals surface area contributed by atoms with Gasteiger partial charge in [-0.3, -0.25) is 0 Å². The first-order valence-corrected chi connectivity index (χ1v) is 5.59. The van der Waals surface area contributed by atoms with E-state index in [1.165, 1.54) is 0 Å². The van der Waals surface area contributed by atoms with Crippen LogP contribution in [0.1, 0.15) is 0 Å². The van der Waals surface area contributed by atoms with Gasteiger partial charge in [-0.15, -0.1) is 0 Å². The second-order valence-corrected chi connectivity index (χ2v) is 3.96. The number of amides is 2. The molecule has 0 unspecified atom stereocenters. The fourth-order valence-corrected chi connectivity index (χ4v) is 1.99. The van der Waals surface area contributed by atoms with Crippen LogP contribution >= 0.6 is 11.3 Å². The maximum Gasteiger partial charge on any atom is 0.321 e. The van der Waals surface area contributed by atoms with E-state index in [0.717, 1.165) is 31.9 Å². The van der Waals surface area contributed by atoms with E-state index >= 15 is 0 Å². The number of nitrogens with one attached hydrogen (secondary N) is 2. The number of nitrogens with zero attached hydrogens (tertiary/aromatic N) is 1. The molecule has 14 heavy (non-hydrogen) atoms. The summed E-state index contributed by atoms with van der Waals surface area (Å²) in [6.07, 6.45) is 0. The SMILES string of the molecule is O=C(Nc1ccsc1)N1CCNCC1. The van der Waals surface area contributed by atoms with E-state index in [1.54, 1.807) is 11.3 Å². The van der Waals surface area contributed by atoms with Crippen molar-refractivity contribution in [2.24, 2.45) is 0 Å². The molecule has 0 radical (unpaired) electrons. The lowest BCUT2D eigenvalue weighted by Crippen LogP contribution is -2.48. The number of anilines is 1. The molecule has 0 atom stereocenters. The van der Waals surface area contributed by atoms with Crippen LogP contribution in [0.4, 0.5) is 10.5 Å². The van der Waals surface area contributed by atoms with Crippen molar-refractivity contribution in [1.82, 2.24) is 10.2 Å².